The maximum absolute atomic E-state index is 15.0. The summed E-state index contributed by atoms with van der Waals surface area (Å²) in [5.74, 6) is -1.96. The topological polar surface area (TPSA) is 213 Å². The first-order chi connectivity index (χ1) is 34.1. The fourth-order valence-electron chi connectivity index (χ4n) is 10.9. The maximum Gasteiger partial charge on any atom is 0.399 e. The van der Waals surface area contributed by atoms with Gasteiger partial charge in [0.2, 0.25) is 23.6 Å². The molecule has 2 aromatic heterocycles. The number of nitrogens with zero attached hydrogens (tertiary/aromatic N) is 5. The molecule has 4 N–H and O–H groups in total. The molecule has 3 aromatic carbocycles. The zero-order chi connectivity index (χ0) is 51.4. The highest BCUT2D eigenvalue weighted by molar-refractivity contribution is 7.52. The predicted octanol–water partition coefficient (Wildman–Crippen LogP) is 5.68. The van der Waals surface area contributed by atoms with Crippen molar-refractivity contribution in [3.8, 4) is 0 Å². The lowest BCUT2D eigenvalue weighted by Gasteiger charge is -2.41. The number of hydrogen-bond donors (Lipinski definition) is 4. The minimum Gasteiger partial charge on any atom is -0.370 e. The van der Waals surface area contributed by atoms with Crippen molar-refractivity contribution in [3.63, 3.8) is 0 Å². The molecule has 5 aromatic rings. The summed E-state index contributed by atoms with van der Waals surface area (Å²) in [7, 11) is -4.15. The number of hydrogen-bond acceptors (Lipinski definition) is 10. The second kappa shape index (κ2) is 20.0. The van der Waals surface area contributed by atoms with Crippen LogP contribution in [0.15, 0.2) is 77.6 Å². The molecule has 4 aliphatic rings. The number of thiophene rings is 1. The van der Waals surface area contributed by atoms with Crippen molar-refractivity contribution in [3.05, 3.63) is 105 Å². The number of benzene rings is 3. The molecule has 0 saturated carbocycles. The quantitative estimate of drug-likeness (QED) is 0.0883. The standard InChI is InChI=1S/C51H60F2N7O10PS/c1-50(2,3)44(55-46(63)41-27-34-26-35(11-14-40(34)72-41)51(52,53)71(67,68)69)48(65)59-21-18-33(43(59)47(64)58-22-23-70-39(29-58)32-8-6-5-7-9-32)28-57-19-16-30(17-20-57)24-31-10-12-36-38(25-31)56(4)49(66)60(36)37-13-15-42(61)54-45(37)62/h5-12,14,25-27,30,33,37,39,43-44H,13,15-24,28-29H2,1-4H3,(H,55,63)(H,54,61,62)(H2,67,68,69)/t33-,37?,39-,43-,44+/m0/s1. The highest BCUT2D eigenvalue weighted by Crippen LogP contribution is 2.59. The number of morpholine rings is 1. The van der Waals surface area contributed by atoms with Gasteiger partial charge >= 0.3 is 18.9 Å². The largest absolute Gasteiger partial charge is 0.399 e. The number of aryl methyl sites for hydroxylation is 1. The number of imidazole rings is 1. The number of imide groups is 1. The number of halogens is 2. The van der Waals surface area contributed by atoms with Crippen LogP contribution in [0.5, 0.6) is 0 Å². The van der Waals surface area contributed by atoms with E-state index in [1.54, 1.807) is 21.4 Å². The number of alkyl halides is 2. The highest BCUT2D eigenvalue weighted by Gasteiger charge is 2.51. The van der Waals surface area contributed by atoms with E-state index in [4.69, 9.17) is 4.74 Å². The van der Waals surface area contributed by atoms with Gasteiger partial charge in [0.1, 0.15) is 24.2 Å². The summed E-state index contributed by atoms with van der Waals surface area (Å²) >= 11 is 0.991. The third kappa shape index (κ3) is 10.2. The number of carbonyl (C=O) groups excluding carboxylic acids is 5. The molecular formula is C51H60F2N7O10PS. The molecule has 4 aliphatic heterocycles. The molecule has 0 aliphatic carbocycles. The minimum atomic E-state index is -5.83. The van der Waals surface area contributed by atoms with Gasteiger partial charge in [-0.2, -0.15) is 8.78 Å². The van der Waals surface area contributed by atoms with Crippen LogP contribution in [0, 0.1) is 17.3 Å². The molecule has 5 atom stereocenters. The van der Waals surface area contributed by atoms with Crippen molar-refractivity contribution in [2.45, 2.75) is 89.2 Å². The van der Waals surface area contributed by atoms with Crippen molar-refractivity contribution in [2.75, 3.05) is 45.9 Å². The van der Waals surface area contributed by atoms with Crippen LogP contribution in [0.4, 0.5) is 8.78 Å². The molecule has 384 valence electrons. The van der Waals surface area contributed by atoms with Gasteiger partial charge in [-0.15, -0.1) is 11.3 Å². The van der Waals surface area contributed by atoms with E-state index in [0.717, 1.165) is 66.9 Å². The molecule has 4 fully saturated rings. The fraction of sp³-hybridized carbons (Fsp3) is 0.490. The Morgan fingerprint density at radius 1 is 0.917 bits per heavy atom. The second-order valence-corrected chi connectivity index (χ2v) is 23.5. The van der Waals surface area contributed by atoms with Crippen molar-refractivity contribution in [1.29, 1.82) is 0 Å². The second-order valence-electron chi connectivity index (χ2n) is 20.8. The summed E-state index contributed by atoms with van der Waals surface area (Å²) in [6.45, 7) is 8.78. The summed E-state index contributed by atoms with van der Waals surface area (Å²) in [4.78, 5) is 107. The van der Waals surface area contributed by atoms with E-state index in [1.165, 1.54) is 16.7 Å². The molecule has 6 heterocycles. The Bertz CT molecular complexity index is 3030. The Morgan fingerprint density at radius 2 is 1.65 bits per heavy atom. The Kier molecular flexibility index (Phi) is 14.2. The van der Waals surface area contributed by atoms with E-state index >= 15 is 9.59 Å². The third-order valence-corrected chi connectivity index (χ3v) is 17.0. The number of likely N-dealkylation sites (tertiary alicyclic amines) is 2. The van der Waals surface area contributed by atoms with E-state index < -0.39 is 60.1 Å². The molecular weight excluding hydrogens is 972 g/mol. The molecule has 0 bridgehead atoms. The minimum absolute atomic E-state index is 0.106. The van der Waals surface area contributed by atoms with Gasteiger partial charge in [-0.05, 0) is 103 Å². The van der Waals surface area contributed by atoms with E-state index in [-0.39, 0.29) is 59.2 Å². The molecule has 4 saturated heterocycles. The van der Waals surface area contributed by atoms with Crippen LogP contribution in [-0.4, -0.2) is 121 Å². The summed E-state index contributed by atoms with van der Waals surface area (Å²) in [5, 5.41) is 5.44. The first kappa shape index (κ1) is 51.3. The first-order valence-corrected chi connectivity index (χ1v) is 26.8. The summed E-state index contributed by atoms with van der Waals surface area (Å²) < 4.78 is 50.4. The van der Waals surface area contributed by atoms with Crippen molar-refractivity contribution >= 4 is 69.6 Å². The van der Waals surface area contributed by atoms with Crippen LogP contribution in [0.25, 0.3) is 21.1 Å². The van der Waals surface area contributed by atoms with Crippen molar-refractivity contribution in [1.82, 2.24) is 34.5 Å². The van der Waals surface area contributed by atoms with E-state index in [9.17, 15) is 42.3 Å². The van der Waals surface area contributed by atoms with Gasteiger partial charge in [-0.25, -0.2) is 4.79 Å². The van der Waals surface area contributed by atoms with E-state index in [1.807, 2.05) is 69.3 Å². The predicted molar refractivity (Wildman–Crippen MR) is 265 cm³/mol. The molecule has 21 heteroatoms. The lowest BCUT2D eigenvalue weighted by atomic mass is 9.85. The Hall–Kier alpha value is -5.63. The third-order valence-electron chi connectivity index (χ3n) is 14.9. The van der Waals surface area contributed by atoms with Gasteiger partial charge in [-0.3, -0.25) is 43.0 Å². The van der Waals surface area contributed by atoms with Gasteiger partial charge in [0, 0.05) is 49.3 Å². The smallest absolute Gasteiger partial charge is 0.370 e. The summed E-state index contributed by atoms with van der Waals surface area (Å²) in [6.07, 6.45) is 3.16. The Balaban J connectivity index is 0.911. The number of nitrogens with one attached hydrogen (secondary N) is 2. The van der Waals surface area contributed by atoms with Gasteiger partial charge < -0.3 is 34.5 Å². The van der Waals surface area contributed by atoms with Crippen molar-refractivity contribution < 1.29 is 51.8 Å². The molecule has 1 unspecified atom stereocenters. The zero-order valence-electron chi connectivity index (χ0n) is 40.6. The molecule has 72 heavy (non-hydrogen) atoms. The van der Waals surface area contributed by atoms with Crippen LogP contribution in [0.3, 0.4) is 0 Å². The van der Waals surface area contributed by atoms with E-state index in [2.05, 4.69) is 15.5 Å². The Morgan fingerprint density at radius 3 is 2.35 bits per heavy atom. The van der Waals surface area contributed by atoms with Gasteiger partial charge in [-0.1, -0.05) is 63.2 Å². The van der Waals surface area contributed by atoms with Gasteiger partial charge in [0.05, 0.1) is 29.1 Å². The van der Waals surface area contributed by atoms with Gasteiger partial charge in [0.15, 0.2) is 0 Å². The Labute approximate surface area is 418 Å². The first-order valence-electron chi connectivity index (χ1n) is 24.4. The molecule has 17 nitrogen and oxygen atoms in total. The lowest BCUT2D eigenvalue weighted by molar-refractivity contribution is -0.152. The van der Waals surface area contributed by atoms with Crippen molar-refractivity contribution in [2.24, 2.45) is 24.3 Å². The van der Waals surface area contributed by atoms with Gasteiger partial charge in [0.25, 0.3) is 5.91 Å². The average molecular weight is 1030 g/mol. The number of rotatable bonds is 12. The number of fused-ring (bicyclic) bond motifs is 2. The normalized spacial score (nSPS) is 22.4. The molecule has 0 spiro atoms. The van der Waals surface area contributed by atoms with Crippen LogP contribution >= 0.6 is 18.9 Å². The van der Waals surface area contributed by atoms with Crippen LogP contribution in [-0.2, 0) is 47.6 Å². The highest BCUT2D eigenvalue weighted by atomic mass is 32.1. The molecule has 5 amide bonds. The number of amides is 5. The monoisotopic (exact) mass is 1030 g/mol. The number of carbonyl (C=O) groups is 5. The van der Waals surface area contributed by atoms with Crippen LogP contribution in [0.2, 0.25) is 0 Å². The van der Waals surface area contributed by atoms with Crippen LogP contribution in [0.1, 0.15) is 91.4 Å². The zero-order valence-corrected chi connectivity index (χ0v) is 42.3. The molecule has 9 rings (SSSR count). The number of ether oxygens (including phenoxy) is 1. The van der Waals surface area contributed by atoms with Crippen LogP contribution < -0.4 is 16.3 Å². The number of piperidine rings is 2. The lowest BCUT2D eigenvalue weighted by Crippen LogP contribution is -2.60. The SMILES string of the molecule is Cn1c(=O)n(C2CCC(=O)NC2=O)c2ccc(CC3CCN(C[C@@H]4CCN(C(=O)[C@@H](NC(=O)c5cc6cc(C(F)(F)P(=O)(O)O)ccc6s5)C(C)(C)C)[C@@H]4C(=O)N4CCO[C@H](c5ccccc5)C4)CC3)cc21. The summed E-state index contributed by atoms with van der Waals surface area (Å²) in [5.41, 5.74) is -3.13. The number of aromatic nitrogens is 2. The van der Waals surface area contributed by atoms with E-state index in [0.29, 0.717) is 54.3 Å². The molecule has 0 radical (unpaired) electrons. The average Bonchev–Trinajstić information content (AvgIpc) is 4.04. The maximum atomic E-state index is 15.0. The summed E-state index contributed by atoms with van der Waals surface area (Å²) in [6, 6.07) is 17.4. The fourth-order valence-corrected chi connectivity index (χ4v) is 12.3.